The van der Waals surface area contributed by atoms with Gasteiger partial charge in [-0.2, -0.15) is 4.31 Å². The molecule has 0 atom stereocenters. The van der Waals surface area contributed by atoms with E-state index in [4.69, 9.17) is 4.74 Å². The number of halogens is 1. The Kier molecular flexibility index (Phi) is 6.96. The number of nitrogens with one attached hydrogen (secondary N) is 2. The number of sulfonamides is 1. The predicted molar refractivity (Wildman–Crippen MR) is 123 cm³/mol. The molecule has 1 aliphatic rings. The minimum absolute atomic E-state index is 0.0418. The van der Waals surface area contributed by atoms with E-state index >= 15 is 0 Å². The molecule has 1 fully saturated rings. The van der Waals surface area contributed by atoms with Gasteiger partial charge in [-0.15, -0.1) is 0 Å². The number of carbonyl (C=O) groups is 2. The van der Waals surface area contributed by atoms with Crippen LogP contribution >= 0.6 is 0 Å². The van der Waals surface area contributed by atoms with Crippen molar-refractivity contribution in [2.45, 2.75) is 4.90 Å². The molecule has 4 rings (SSSR count). The molecule has 34 heavy (non-hydrogen) atoms. The fourth-order valence-corrected chi connectivity index (χ4v) is 4.85. The van der Waals surface area contributed by atoms with E-state index < -0.39 is 26.6 Å². The molecule has 176 valence electrons. The van der Waals surface area contributed by atoms with Crippen LogP contribution in [0.2, 0.25) is 0 Å². The van der Waals surface area contributed by atoms with Crippen LogP contribution in [-0.2, 0) is 14.8 Å². The molecule has 2 N–H and O–H groups in total. The van der Waals surface area contributed by atoms with Crippen molar-refractivity contribution in [1.29, 1.82) is 0 Å². The Morgan fingerprint density at radius 2 is 1.53 bits per heavy atom. The molecule has 11 heteroatoms. The Bertz CT molecular complexity index is 1310. The molecule has 1 saturated heterocycles. The molecular formula is C23H21FN4O5S. The molecular weight excluding hydrogens is 463 g/mol. The zero-order valence-corrected chi connectivity index (χ0v) is 18.7. The molecule has 2 heterocycles. The first-order valence-electron chi connectivity index (χ1n) is 10.3. The number of carbonyl (C=O) groups excluding carboxylic acids is 2. The number of nitrogens with zero attached hydrogens (tertiary/aromatic N) is 2. The first kappa shape index (κ1) is 23.5. The van der Waals surface area contributed by atoms with Gasteiger partial charge >= 0.3 is 0 Å². The highest BCUT2D eigenvalue weighted by molar-refractivity contribution is 7.89. The largest absolute Gasteiger partial charge is 0.379 e. The van der Waals surface area contributed by atoms with Gasteiger partial charge in [-0.1, -0.05) is 6.07 Å². The molecule has 2 aromatic carbocycles. The Morgan fingerprint density at radius 1 is 0.882 bits per heavy atom. The fraction of sp³-hybridized carbons (Fsp3) is 0.174. The highest BCUT2D eigenvalue weighted by atomic mass is 32.2. The highest BCUT2D eigenvalue weighted by Gasteiger charge is 2.29. The molecule has 0 unspecified atom stereocenters. The van der Waals surface area contributed by atoms with Crippen molar-refractivity contribution in [3.8, 4) is 0 Å². The van der Waals surface area contributed by atoms with E-state index in [1.165, 1.54) is 12.1 Å². The van der Waals surface area contributed by atoms with Crippen molar-refractivity contribution >= 4 is 33.2 Å². The average Bonchev–Trinajstić information content (AvgIpc) is 2.85. The lowest BCUT2D eigenvalue weighted by Crippen LogP contribution is -2.41. The summed E-state index contributed by atoms with van der Waals surface area (Å²) in [5.74, 6) is -1.98. The van der Waals surface area contributed by atoms with Gasteiger partial charge in [0.25, 0.3) is 11.8 Å². The Hall–Kier alpha value is -3.67. The number of benzene rings is 2. The number of aromatic nitrogens is 1. The second-order valence-electron chi connectivity index (χ2n) is 7.39. The number of pyridine rings is 1. The normalized spacial score (nSPS) is 14.4. The second-order valence-corrected chi connectivity index (χ2v) is 9.29. The van der Waals surface area contributed by atoms with Crippen LogP contribution in [0, 0.1) is 5.82 Å². The molecule has 0 aliphatic carbocycles. The third-order valence-electron chi connectivity index (χ3n) is 5.10. The molecule has 1 aliphatic heterocycles. The lowest BCUT2D eigenvalue weighted by molar-refractivity contribution is 0.0729. The van der Waals surface area contributed by atoms with Crippen molar-refractivity contribution in [3.63, 3.8) is 0 Å². The topological polar surface area (TPSA) is 118 Å². The SMILES string of the molecule is O=C(Nc1ccncc1)c1cccc(NC(=O)c2ccc(F)c(S(=O)(=O)N3CCOCC3)c2)c1. The van der Waals surface area contributed by atoms with Crippen molar-refractivity contribution in [3.05, 3.63) is 83.9 Å². The highest BCUT2D eigenvalue weighted by Crippen LogP contribution is 2.23. The Labute approximate surface area is 195 Å². The van der Waals surface area contributed by atoms with E-state index in [-0.39, 0.29) is 37.8 Å². The summed E-state index contributed by atoms with van der Waals surface area (Å²) in [6.07, 6.45) is 3.09. The third-order valence-corrected chi connectivity index (χ3v) is 7.02. The number of rotatable bonds is 6. The van der Waals surface area contributed by atoms with Gasteiger partial charge in [-0.3, -0.25) is 14.6 Å². The smallest absolute Gasteiger partial charge is 0.255 e. The molecule has 9 nitrogen and oxygen atoms in total. The summed E-state index contributed by atoms with van der Waals surface area (Å²) >= 11 is 0. The van der Waals surface area contributed by atoms with Gasteiger partial charge in [-0.05, 0) is 48.5 Å². The number of hydrogen-bond acceptors (Lipinski definition) is 6. The zero-order chi connectivity index (χ0) is 24.1. The lowest BCUT2D eigenvalue weighted by atomic mass is 10.1. The summed E-state index contributed by atoms with van der Waals surface area (Å²) in [6, 6.07) is 12.7. The maximum Gasteiger partial charge on any atom is 0.255 e. The van der Waals surface area contributed by atoms with Crippen molar-refractivity contribution in [2.24, 2.45) is 0 Å². The van der Waals surface area contributed by atoms with E-state index in [2.05, 4.69) is 15.6 Å². The van der Waals surface area contributed by atoms with E-state index in [0.29, 0.717) is 16.9 Å². The molecule has 0 saturated carbocycles. The van der Waals surface area contributed by atoms with Crippen molar-refractivity contribution in [1.82, 2.24) is 9.29 Å². The van der Waals surface area contributed by atoms with Gasteiger partial charge < -0.3 is 15.4 Å². The minimum atomic E-state index is -4.13. The van der Waals surface area contributed by atoms with Gasteiger partial charge in [0.2, 0.25) is 10.0 Å². The summed E-state index contributed by atoms with van der Waals surface area (Å²) < 4.78 is 46.4. The molecule has 3 aromatic rings. The minimum Gasteiger partial charge on any atom is -0.379 e. The van der Waals surface area contributed by atoms with Crippen molar-refractivity contribution < 1.29 is 27.1 Å². The number of anilines is 2. The van der Waals surface area contributed by atoms with E-state index in [0.717, 1.165) is 16.4 Å². The van der Waals surface area contributed by atoms with Crippen molar-refractivity contribution in [2.75, 3.05) is 36.9 Å². The van der Waals surface area contributed by atoms with E-state index in [1.807, 2.05) is 0 Å². The monoisotopic (exact) mass is 484 g/mol. The number of hydrogen-bond donors (Lipinski definition) is 2. The molecule has 1 aromatic heterocycles. The average molecular weight is 485 g/mol. The van der Waals surface area contributed by atoms with Gasteiger partial charge in [0.15, 0.2) is 0 Å². The molecule has 0 bridgehead atoms. The molecule has 0 spiro atoms. The first-order chi connectivity index (χ1) is 16.3. The van der Waals surface area contributed by atoms with Crippen LogP contribution in [0.1, 0.15) is 20.7 Å². The van der Waals surface area contributed by atoms with Gasteiger partial charge in [0.05, 0.1) is 13.2 Å². The van der Waals surface area contributed by atoms with E-state index in [9.17, 15) is 22.4 Å². The number of ether oxygens (including phenoxy) is 1. The van der Waals surface area contributed by atoms with Crippen LogP contribution in [-0.4, -0.2) is 55.8 Å². The molecule has 0 radical (unpaired) electrons. The maximum absolute atomic E-state index is 14.4. The third kappa shape index (κ3) is 5.28. The second kappa shape index (κ2) is 10.1. The summed E-state index contributed by atoms with van der Waals surface area (Å²) in [4.78, 5) is 28.6. The number of morpholine rings is 1. The van der Waals surface area contributed by atoms with Crippen LogP contribution in [0.4, 0.5) is 15.8 Å². The quantitative estimate of drug-likeness (QED) is 0.556. The van der Waals surface area contributed by atoms with Crippen LogP contribution in [0.5, 0.6) is 0 Å². The van der Waals surface area contributed by atoms with Gasteiger partial charge in [-0.25, -0.2) is 12.8 Å². The van der Waals surface area contributed by atoms with Crippen LogP contribution < -0.4 is 10.6 Å². The number of amides is 2. The first-order valence-corrected chi connectivity index (χ1v) is 11.8. The van der Waals surface area contributed by atoms with Crippen LogP contribution in [0.3, 0.4) is 0 Å². The predicted octanol–water partition coefficient (Wildman–Crippen LogP) is 2.75. The van der Waals surface area contributed by atoms with Gasteiger partial charge in [0.1, 0.15) is 10.7 Å². The van der Waals surface area contributed by atoms with E-state index in [1.54, 1.807) is 42.7 Å². The summed E-state index contributed by atoms with van der Waals surface area (Å²) in [6.45, 7) is 0.636. The Balaban J connectivity index is 1.51. The van der Waals surface area contributed by atoms with Gasteiger partial charge in [0, 0.05) is 48.0 Å². The van der Waals surface area contributed by atoms with Crippen LogP contribution in [0.25, 0.3) is 0 Å². The maximum atomic E-state index is 14.4. The summed E-state index contributed by atoms with van der Waals surface area (Å²) in [5, 5.41) is 5.33. The van der Waals surface area contributed by atoms with Crippen LogP contribution in [0.15, 0.2) is 71.9 Å². The summed E-state index contributed by atoms with van der Waals surface area (Å²) in [5.41, 5.74) is 1.13. The standard InChI is InChI=1S/C23H21FN4O5S/c24-20-5-4-17(15-21(20)34(31,32)28-10-12-33-13-11-28)23(30)27-19-3-1-2-16(14-19)22(29)26-18-6-8-25-9-7-18/h1-9,14-15H,10-13H2,(H,27,30)(H,25,26,29). The molecule has 2 amide bonds. The fourth-order valence-electron chi connectivity index (χ4n) is 3.35. The lowest BCUT2D eigenvalue weighted by Gasteiger charge is -2.26. The Morgan fingerprint density at radius 3 is 2.24 bits per heavy atom. The summed E-state index contributed by atoms with van der Waals surface area (Å²) in [7, 11) is -4.13. The zero-order valence-electron chi connectivity index (χ0n) is 17.9.